The zero-order valence-electron chi connectivity index (χ0n) is 16.4. The molecular formula is C22H25N5O2. The van der Waals surface area contributed by atoms with Gasteiger partial charge in [0.25, 0.3) is 5.91 Å². The Labute approximate surface area is 169 Å². The van der Waals surface area contributed by atoms with Crippen molar-refractivity contribution < 1.29 is 9.59 Å². The molecular weight excluding hydrogens is 366 g/mol. The van der Waals surface area contributed by atoms with E-state index in [1.54, 1.807) is 18.0 Å². The maximum absolute atomic E-state index is 12.9. The first-order chi connectivity index (χ1) is 14.2. The van der Waals surface area contributed by atoms with Crippen molar-refractivity contribution in [3.8, 4) is 0 Å². The average Bonchev–Trinajstić information content (AvgIpc) is 3.16. The van der Waals surface area contributed by atoms with Gasteiger partial charge in [0.05, 0.1) is 17.8 Å². The minimum absolute atomic E-state index is 0.0598. The van der Waals surface area contributed by atoms with Crippen LogP contribution in [0.15, 0.2) is 60.7 Å². The number of rotatable bonds is 9. The molecule has 0 fully saturated rings. The molecule has 0 bridgehead atoms. The van der Waals surface area contributed by atoms with Crippen molar-refractivity contribution in [3.05, 3.63) is 66.4 Å². The standard InChI is InChI=1S/C22H25N5O2/c1-23-16-21(28)24-14-7-15-27(17-8-3-2-4-9-17)22(29)13-12-20-18-10-5-6-11-19(18)25-26-20/h2-6,8-13,23H,7,14-16H2,1H3,(H,24,28)(H,25,26)/b13-12+. The smallest absolute Gasteiger partial charge is 0.251 e. The van der Waals surface area contributed by atoms with E-state index in [9.17, 15) is 9.59 Å². The predicted molar refractivity (Wildman–Crippen MR) is 115 cm³/mol. The number of benzene rings is 2. The van der Waals surface area contributed by atoms with Gasteiger partial charge in [0, 0.05) is 30.2 Å². The van der Waals surface area contributed by atoms with Crippen LogP contribution in [0.5, 0.6) is 0 Å². The van der Waals surface area contributed by atoms with Crippen molar-refractivity contribution in [2.45, 2.75) is 6.42 Å². The van der Waals surface area contributed by atoms with E-state index in [1.807, 2.05) is 54.6 Å². The molecule has 3 N–H and O–H groups in total. The Bertz CT molecular complexity index is 981. The van der Waals surface area contributed by atoms with Crippen molar-refractivity contribution in [2.24, 2.45) is 0 Å². The van der Waals surface area contributed by atoms with Crippen LogP contribution in [0.2, 0.25) is 0 Å². The Balaban J connectivity index is 1.68. The number of anilines is 1. The van der Waals surface area contributed by atoms with E-state index in [0.717, 1.165) is 22.3 Å². The average molecular weight is 391 g/mol. The fraction of sp³-hybridized carbons (Fsp3) is 0.227. The summed E-state index contributed by atoms with van der Waals surface area (Å²) in [5, 5.41) is 13.8. The predicted octanol–water partition coefficient (Wildman–Crippen LogP) is 2.33. The van der Waals surface area contributed by atoms with Gasteiger partial charge < -0.3 is 15.5 Å². The fourth-order valence-corrected chi connectivity index (χ4v) is 3.01. The van der Waals surface area contributed by atoms with Gasteiger partial charge in [-0.3, -0.25) is 14.7 Å². The maximum atomic E-state index is 12.9. The molecule has 0 saturated carbocycles. The zero-order valence-corrected chi connectivity index (χ0v) is 16.4. The Morgan fingerprint density at radius 2 is 1.86 bits per heavy atom. The van der Waals surface area contributed by atoms with Crippen LogP contribution in [0.3, 0.4) is 0 Å². The summed E-state index contributed by atoms with van der Waals surface area (Å²) in [6, 6.07) is 17.3. The van der Waals surface area contributed by atoms with Gasteiger partial charge in [-0.05, 0) is 37.7 Å². The number of carbonyl (C=O) groups excluding carboxylic acids is 2. The normalized spacial score (nSPS) is 11.1. The number of para-hydroxylation sites is 2. The van der Waals surface area contributed by atoms with Crippen molar-refractivity contribution in [2.75, 3.05) is 31.6 Å². The zero-order chi connectivity index (χ0) is 20.5. The number of aromatic amines is 1. The quantitative estimate of drug-likeness (QED) is 0.386. The molecule has 7 heteroatoms. The molecule has 0 atom stereocenters. The van der Waals surface area contributed by atoms with Crippen LogP contribution in [0.1, 0.15) is 12.1 Å². The summed E-state index contributed by atoms with van der Waals surface area (Å²) in [6.07, 6.45) is 3.91. The molecule has 7 nitrogen and oxygen atoms in total. The molecule has 2 amide bonds. The lowest BCUT2D eigenvalue weighted by molar-refractivity contribution is -0.120. The lowest BCUT2D eigenvalue weighted by atomic mass is 10.2. The summed E-state index contributed by atoms with van der Waals surface area (Å²) in [7, 11) is 1.73. The SMILES string of the molecule is CNCC(=O)NCCCN(C(=O)/C=C/c1n[nH]c2ccccc12)c1ccccc1. The summed E-state index contributed by atoms with van der Waals surface area (Å²) in [6.45, 7) is 1.28. The molecule has 1 heterocycles. The van der Waals surface area contributed by atoms with Crippen LogP contribution in [0.4, 0.5) is 5.69 Å². The maximum Gasteiger partial charge on any atom is 0.251 e. The second kappa shape index (κ2) is 10.2. The molecule has 3 aromatic rings. The van der Waals surface area contributed by atoms with E-state index in [4.69, 9.17) is 0 Å². The first-order valence-electron chi connectivity index (χ1n) is 9.58. The molecule has 0 spiro atoms. The summed E-state index contributed by atoms with van der Waals surface area (Å²) in [5.74, 6) is -0.194. The van der Waals surface area contributed by atoms with Crippen molar-refractivity contribution >= 4 is 34.5 Å². The van der Waals surface area contributed by atoms with Gasteiger partial charge in [-0.1, -0.05) is 36.4 Å². The van der Waals surface area contributed by atoms with E-state index in [-0.39, 0.29) is 18.4 Å². The number of hydrogen-bond acceptors (Lipinski definition) is 4. The van der Waals surface area contributed by atoms with Gasteiger partial charge in [-0.15, -0.1) is 0 Å². The lowest BCUT2D eigenvalue weighted by Crippen LogP contribution is -2.36. The highest BCUT2D eigenvalue weighted by atomic mass is 16.2. The number of carbonyl (C=O) groups is 2. The van der Waals surface area contributed by atoms with Crippen molar-refractivity contribution in [1.82, 2.24) is 20.8 Å². The van der Waals surface area contributed by atoms with Crippen molar-refractivity contribution in [3.63, 3.8) is 0 Å². The number of hydrogen-bond donors (Lipinski definition) is 3. The molecule has 2 aromatic carbocycles. The summed E-state index contributed by atoms with van der Waals surface area (Å²) >= 11 is 0. The second-order valence-electron chi connectivity index (χ2n) is 6.55. The van der Waals surface area contributed by atoms with E-state index in [1.165, 1.54) is 6.08 Å². The molecule has 0 aliphatic rings. The molecule has 1 aromatic heterocycles. The van der Waals surface area contributed by atoms with Crippen LogP contribution in [-0.2, 0) is 9.59 Å². The van der Waals surface area contributed by atoms with Gasteiger partial charge in [-0.25, -0.2) is 0 Å². The third kappa shape index (κ3) is 5.52. The van der Waals surface area contributed by atoms with Gasteiger partial charge in [0.15, 0.2) is 0 Å². The summed E-state index contributed by atoms with van der Waals surface area (Å²) in [4.78, 5) is 26.2. The number of nitrogens with zero attached hydrogens (tertiary/aromatic N) is 2. The number of aromatic nitrogens is 2. The van der Waals surface area contributed by atoms with Crippen LogP contribution < -0.4 is 15.5 Å². The molecule has 150 valence electrons. The number of amides is 2. The minimum atomic E-state index is -0.134. The highest BCUT2D eigenvalue weighted by molar-refractivity contribution is 6.04. The molecule has 0 radical (unpaired) electrons. The number of likely N-dealkylation sites (N-methyl/N-ethyl adjacent to an activating group) is 1. The van der Waals surface area contributed by atoms with Crippen LogP contribution in [0, 0.1) is 0 Å². The van der Waals surface area contributed by atoms with Crippen LogP contribution in [-0.4, -0.2) is 48.7 Å². The Morgan fingerprint density at radius 3 is 2.66 bits per heavy atom. The monoisotopic (exact) mass is 391 g/mol. The highest BCUT2D eigenvalue weighted by Crippen LogP contribution is 2.18. The lowest BCUT2D eigenvalue weighted by Gasteiger charge is -2.21. The van der Waals surface area contributed by atoms with Gasteiger partial charge in [0.1, 0.15) is 0 Å². The molecule has 29 heavy (non-hydrogen) atoms. The van der Waals surface area contributed by atoms with Gasteiger partial charge in [0.2, 0.25) is 5.91 Å². The van der Waals surface area contributed by atoms with Gasteiger partial charge in [-0.2, -0.15) is 5.10 Å². The molecule has 3 rings (SSSR count). The molecule has 0 unspecified atom stereocenters. The minimum Gasteiger partial charge on any atom is -0.355 e. The topological polar surface area (TPSA) is 90.1 Å². The number of nitrogens with one attached hydrogen (secondary N) is 3. The first-order valence-corrected chi connectivity index (χ1v) is 9.58. The summed E-state index contributed by atoms with van der Waals surface area (Å²) in [5.41, 5.74) is 2.47. The molecule has 0 saturated heterocycles. The fourth-order valence-electron chi connectivity index (χ4n) is 3.01. The third-order valence-electron chi connectivity index (χ3n) is 4.44. The number of H-pyrrole nitrogens is 1. The van der Waals surface area contributed by atoms with E-state index < -0.39 is 0 Å². The van der Waals surface area contributed by atoms with Crippen LogP contribution >= 0.6 is 0 Å². The third-order valence-corrected chi connectivity index (χ3v) is 4.44. The van der Waals surface area contributed by atoms with E-state index >= 15 is 0 Å². The van der Waals surface area contributed by atoms with E-state index in [0.29, 0.717) is 19.5 Å². The van der Waals surface area contributed by atoms with E-state index in [2.05, 4.69) is 20.8 Å². The largest absolute Gasteiger partial charge is 0.355 e. The Kier molecular flexibility index (Phi) is 7.13. The Hall–Kier alpha value is -3.45. The second-order valence-corrected chi connectivity index (χ2v) is 6.55. The highest BCUT2D eigenvalue weighted by Gasteiger charge is 2.13. The van der Waals surface area contributed by atoms with Gasteiger partial charge >= 0.3 is 0 Å². The number of fused-ring (bicyclic) bond motifs is 1. The van der Waals surface area contributed by atoms with Crippen molar-refractivity contribution in [1.29, 1.82) is 0 Å². The Morgan fingerprint density at radius 1 is 1.10 bits per heavy atom. The first kappa shape index (κ1) is 20.3. The van der Waals surface area contributed by atoms with Crippen LogP contribution in [0.25, 0.3) is 17.0 Å². The summed E-state index contributed by atoms with van der Waals surface area (Å²) < 4.78 is 0. The molecule has 0 aliphatic heterocycles. The molecule has 0 aliphatic carbocycles.